The summed E-state index contributed by atoms with van der Waals surface area (Å²) in [6.07, 6.45) is 0. The van der Waals surface area contributed by atoms with E-state index in [4.69, 9.17) is 4.74 Å². The molecule has 0 atom stereocenters. The van der Waals surface area contributed by atoms with Crippen LogP contribution in [0.4, 0.5) is 0 Å². The maximum absolute atomic E-state index is 6.87. The third kappa shape index (κ3) is 2.90. The molecule has 0 amide bonds. The maximum atomic E-state index is 6.87. The van der Waals surface area contributed by atoms with Crippen LogP contribution in [0.25, 0.3) is 76.1 Å². The summed E-state index contributed by atoms with van der Waals surface area (Å²) in [4.78, 5) is 0. The largest absolute Gasteiger partial charge is 0.455 e. The molecule has 0 fully saturated rings. The van der Waals surface area contributed by atoms with Crippen LogP contribution in [0.2, 0.25) is 0 Å². The van der Waals surface area contributed by atoms with Crippen LogP contribution in [-0.2, 0) is 0 Å². The molecule has 0 saturated heterocycles. The van der Waals surface area contributed by atoms with Crippen molar-refractivity contribution >= 4 is 53.9 Å². The molecule has 8 aromatic rings. The molecule has 180 valence electrons. The van der Waals surface area contributed by atoms with Gasteiger partial charge in [0.15, 0.2) is 0 Å². The minimum absolute atomic E-state index is 0.926. The molecule has 1 heteroatoms. The first-order valence-electron chi connectivity index (χ1n) is 13.4. The fourth-order valence-electron chi connectivity index (χ4n) is 6.63. The van der Waals surface area contributed by atoms with Crippen LogP contribution >= 0.6 is 0 Å². The van der Waals surface area contributed by atoms with Gasteiger partial charge < -0.3 is 4.74 Å². The smallest absolute Gasteiger partial charge is 0.143 e. The first kappa shape index (κ1) is 20.9. The lowest BCUT2D eigenvalue weighted by Crippen LogP contribution is -2.00. The highest BCUT2D eigenvalue weighted by Gasteiger charge is 2.25. The van der Waals surface area contributed by atoms with E-state index in [1.165, 1.54) is 65.0 Å². The van der Waals surface area contributed by atoms with Crippen LogP contribution in [0.1, 0.15) is 0 Å². The minimum Gasteiger partial charge on any atom is -0.455 e. The molecular weight excluding hydrogens is 472 g/mol. The normalized spacial score (nSPS) is 12.3. The zero-order chi connectivity index (χ0) is 25.5. The summed E-state index contributed by atoms with van der Waals surface area (Å²) in [5.41, 5.74) is 4.69. The molecule has 1 heterocycles. The standard InChI is InChI=1S/C38H22O/c1-2-10-24-20-34-26(19-23(24)9-1)21-35(29-14-6-5-13-28(29)34)33-18-8-17-32-31-16-7-15-30-27-12-4-3-11-25(27)22-36(37(30)31)39-38(32)33/h1-22H. The minimum atomic E-state index is 0.926. The van der Waals surface area contributed by atoms with Gasteiger partial charge in [-0.3, -0.25) is 0 Å². The van der Waals surface area contributed by atoms with E-state index in [9.17, 15) is 0 Å². The highest BCUT2D eigenvalue weighted by molar-refractivity contribution is 6.19. The number of hydrogen-bond acceptors (Lipinski definition) is 1. The average molecular weight is 495 g/mol. The quantitative estimate of drug-likeness (QED) is 0.163. The molecule has 0 bridgehead atoms. The van der Waals surface area contributed by atoms with Gasteiger partial charge in [0.2, 0.25) is 0 Å². The van der Waals surface area contributed by atoms with Gasteiger partial charge in [-0.2, -0.15) is 0 Å². The third-order valence-corrected chi connectivity index (χ3v) is 8.38. The topological polar surface area (TPSA) is 9.23 Å². The molecule has 9 rings (SSSR count). The van der Waals surface area contributed by atoms with Gasteiger partial charge >= 0.3 is 0 Å². The summed E-state index contributed by atoms with van der Waals surface area (Å²) in [7, 11) is 0. The van der Waals surface area contributed by atoms with Gasteiger partial charge in [0.25, 0.3) is 0 Å². The van der Waals surface area contributed by atoms with E-state index in [-0.39, 0.29) is 0 Å². The van der Waals surface area contributed by atoms with E-state index in [2.05, 4.69) is 133 Å². The Kier molecular flexibility index (Phi) is 4.11. The van der Waals surface area contributed by atoms with Gasteiger partial charge in [-0.25, -0.2) is 0 Å². The number of hydrogen-bond donors (Lipinski definition) is 0. The third-order valence-electron chi connectivity index (χ3n) is 8.38. The molecule has 0 saturated carbocycles. The van der Waals surface area contributed by atoms with Crippen LogP contribution in [0.3, 0.4) is 0 Å². The molecule has 0 N–H and O–H groups in total. The van der Waals surface area contributed by atoms with Crippen molar-refractivity contribution in [1.82, 2.24) is 0 Å². The van der Waals surface area contributed by atoms with Gasteiger partial charge in [0.1, 0.15) is 11.5 Å². The van der Waals surface area contributed by atoms with Gasteiger partial charge in [0.05, 0.1) is 0 Å². The molecule has 0 unspecified atom stereocenters. The Labute approximate surface area is 225 Å². The van der Waals surface area contributed by atoms with E-state index in [0.29, 0.717) is 0 Å². The lowest BCUT2D eigenvalue weighted by Gasteiger charge is -2.25. The SMILES string of the molecule is c1cc(-c2cc3cc4ccccc4cc3c3ccccc23)c2c(c1)-c1cccc3c1c(cc1ccccc13)O2. The summed E-state index contributed by atoms with van der Waals surface area (Å²) in [5.74, 6) is 1.86. The van der Waals surface area contributed by atoms with Crippen LogP contribution in [0.15, 0.2) is 133 Å². The second-order valence-electron chi connectivity index (χ2n) is 10.5. The number of benzene rings is 8. The Balaban J connectivity index is 1.37. The van der Waals surface area contributed by atoms with Gasteiger partial charge in [-0.1, -0.05) is 109 Å². The highest BCUT2D eigenvalue weighted by Crippen LogP contribution is 2.52. The lowest BCUT2D eigenvalue weighted by molar-refractivity contribution is 0.489. The predicted molar refractivity (Wildman–Crippen MR) is 165 cm³/mol. The van der Waals surface area contributed by atoms with E-state index in [1.807, 2.05) is 0 Å². The van der Waals surface area contributed by atoms with E-state index in [0.717, 1.165) is 22.6 Å². The second kappa shape index (κ2) is 7.69. The van der Waals surface area contributed by atoms with E-state index in [1.54, 1.807) is 0 Å². The summed E-state index contributed by atoms with van der Waals surface area (Å²) in [5, 5.41) is 12.4. The molecule has 0 radical (unpaired) electrons. The number of ether oxygens (including phenoxy) is 1. The van der Waals surface area contributed by atoms with Crippen molar-refractivity contribution in [2.75, 3.05) is 0 Å². The Morgan fingerprint density at radius 1 is 0.333 bits per heavy atom. The number of rotatable bonds is 1. The molecule has 8 aromatic carbocycles. The molecule has 1 aliphatic rings. The van der Waals surface area contributed by atoms with Crippen molar-refractivity contribution in [2.45, 2.75) is 0 Å². The molecule has 0 aliphatic carbocycles. The number of fused-ring (bicyclic) bond motifs is 8. The van der Waals surface area contributed by atoms with Crippen LogP contribution in [-0.4, -0.2) is 0 Å². The van der Waals surface area contributed by atoms with Crippen LogP contribution in [0, 0.1) is 0 Å². The fourth-order valence-corrected chi connectivity index (χ4v) is 6.63. The first-order chi connectivity index (χ1) is 19.3. The molecule has 0 spiro atoms. The second-order valence-corrected chi connectivity index (χ2v) is 10.5. The fraction of sp³-hybridized carbons (Fsp3) is 0. The van der Waals surface area contributed by atoms with Gasteiger partial charge in [0, 0.05) is 16.5 Å². The van der Waals surface area contributed by atoms with Crippen LogP contribution < -0.4 is 4.74 Å². The molecule has 1 aliphatic heterocycles. The summed E-state index contributed by atoms with van der Waals surface area (Å²) in [6.45, 7) is 0. The molecule has 39 heavy (non-hydrogen) atoms. The molecular formula is C38H22O. The van der Waals surface area contributed by atoms with Gasteiger partial charge in [-0.05, 0) is 83.9 Å². The maximum Gasteiger partial charge on any atom is 0.143 e. The lowest BCUT2D eigenvalue weighted by atomic mass is 9.87. The highest BCUT2D eigenvalue weighted by atomic mass is 16.5. The van der Waals surface area contributed by atoms with Gasteiger partial charge in [-0.15, -0.1) is 0 Å². The van der Waals surface area contributed by atoms with Crippen molar-refractivity contribution < 1.29 is 4.74 Å². The summed E-state index contributed by atoms with van der Waals surface area (Å²) < 4.78 is 6.87. The Bertz CT molecular complexity index is 2310. The Morgan fingerprint density at radius 3 is 1.79 bits per heavy atom. The zero-order valence-corrected chi connectivity index (χ0v) is 21.1. The van der Waals surface area contributed by atoms with Crippen molar-refractivity contribution in [3.63, 3.8) is 0 Å². The van der Waals surface area contributed by atoms with Crippen LogP contribution in [0.5, 0.6) is 11.5 Å². The van der Waals surface area contributed by atoms with Crippen molar-refractivity contribution in [2.24, 2.45) is 0 Å². The van der Waals surface area contributed by atoms with Crippen molar-refractivity contribution in [3.8, 4) is 33.8 Å². The van der Waals surface area contributed by atoms with Crippen molar-refractivity contribution in [1.29, 1.82) is 0 Å². The average Bonchev–Trinajstić information content (AvgIpc) is 3.00. The Morgan fingerprint density at radius 2 is 0.949 bits per heavy atom. The monoisotopic (exact) mass is 494 g/mol. The summed E-state index contributed by atoms with van der Waals surface area (Å²) in [6, 6.07) is 48.3. The Hall–Kier alpha value is -5.14. The van der Waals surface area contributed by atoms with E-state index >= 15 is 0 Å². The summed E-state index contributed by atoms with van der Waals surface area (Å²) >= 11 is 0. The molecule has 0 aromatic heterocycles. The van der Waals surface area contributed by atoms with Crippen molar-refractivity contribution in [3.05, 3.63) is 133 Å². The van der Waals surface area contributed by atoms with E-state index < -0.39 is 0 Å². The number of para-hydroxylation sites is 1. The first-order valence-corrected chi connectivity index (χ1v) is 13.4. The molecule has 1 nitrogen and oxygen atoms in total. The predicted octanol–water partition coefficient (Wildman–Crippen LogP) is 10.9. The zero-order valence-electron chi connectivity index (χ0n) is 21.1.